The summed E-state index contributed by atoms with van der Waals surface area (Å²) in [4.78, 5) is 0. The molecule has 0 radical (unpaired) electrons. The predicted molar refractivity (Wildman–Crippen MR) is 21.2 cm³/mol. The van der Waals surface area contributed by atoms with E-state index in [4.69, 9.17) is 0 Å². The van der Waals surface area contributed by atoms with Crippen molar-refractivity contribution in [2.24, 2.45) is 0 Å². The number of hydrogen-bond acceptors (Lipinski definition) is 2. The van der Waals surface area contributed by atoms with Crippen LogP contribution in [0.3, 0.4) is 0 Å². The van der Waals surface area contributed by atoms with Gasteiger partial charge in [-0.15, -0.1) is 0 Å². The van der Waals surface area contributed by atoms with Gasteiger partial charge in [-0.25, -0.2) is 4.21 Å². The Labute approximate surface area is 34.8 Å². The van der Waals surface area contributed by atoms with Gasteiger partial charge in [0.1, 0.15) is 11.9 Å². The van der Waals surface area contributed by atoms with Crippen molar-refractivity contribution >= 4 is 11.9 Å². The van der Waals surface area contributed by atoms with Gasteiger partial charge in [0.05, 0.1) is 6.61 Å². The summed E-state index contributed by atoms with van der Waals surface area (Å²) in [5, 5.41) is 0. The van der Waals surface area contributed by atoms with Gasteiger partial charge >= 0.3 is 0 Å². The van der Waals surface area contributed by atoms with Crippen LogP contribution < -0.4 is 0 Å². The fourth-order valence-electron chi connectivity index (χ4n) is 0.0527. The van der Waals surface area contributed by atoms with Gasteiger partial charge in [0.25, 0.3) is 0 Å². The van der Waals surface area contributed by atoms with E-state index in [0.717, 1.165) is 0 Å². The van der Waals surface area contributed by atoms with Gasteiger partial charge < -0.3 is 0 Å². The average molecular weight is 94.1 g/mol. The van der Waals surface area contributed by atoms with Gasteiger partial charge in [-0.2, -0.15) is 0 Å². The zero-order valence-electron chi connectivity index (χ0n) is 2.97. The van der Waals surface area contributed by atoms with E-state index in [9.17, 15) is 4.21 Å². The van der Waals surface area contributed by atoms with Crippen molar-refractivity contribution in [2.45, 2.75) is 6.92 Å². The average Bonchev–Trinajstić information content (AvgIpc) is 1.41. The fraction of sp³-hybridized carbons (Fsp3) is 1.00. The predicted octanol–water partition coefficient (Wildman–Crippen LogP) is -0.117. The summed E-state index contributed by atoms with van der Waals surface area (Å²) in [5.41, 5.74) is 0. The van der Waals surface area contributed by atoms with Gasteiger partial charge in [0.2, 0.25) is 0 Å². The van der Waals surface area contributed by atoms with E-state index in [1.165, 1.54) is 0 Å². The molecular formula is C2H6O2S. The second kappa shape index (κ2) is 4.11. The van der Waals surface area contributed by atoms with Crippen molar-refractivity contribution in [1.82, 2.24) is 0 Å². The molecule has 0 bridgehead atoms. The Morgan fingerprint density at radius 3 is 2.60 bits per heavy atom. The van der Waals surface area contributed by atoms with Crippen LogP contribution >= 0.6 is 0 Å². The Bertz CT molecular complexity index is 28.8. The van der Waals surface area contributed by atoms with Crippen molar-refractivity contribution in [3.63, 3.8) is 0 Å². The lowest BCUT2D eigenvalue weighted by Gasteiger charge is -1.75. The largest absolute Gasteiger partial charge is 0.293 e. The third kappa shape index (κ3) is 4.11. The van der Waals surface area contributed by atoms with Crippen LogP contribution in [-0.4, -0.2) is 10.8 Å². The molecule has 0 heterocycles. The molecule has 32 valence electrons. The second-order valence-electron chi connectivity index (χ2n) is 0.492. The Morgan fingerprint density at radius 2 is 2.60 bits per heavy atom. The standard InChI is InChI=1S/C2H6O2S/c1-2-4-5-3/h5H,2H2,1H3. The third-order valence-electron chi connectivity index (χ3n) is 0.182. The van der Waals surface area contributed by atoms with Crippen molar-refractivity contribution < 1.29 is 8.39 Å². The van der Waals surface area contributed by atoms with Crippen molar-refractivity contribution in [3.05, 3.63) is 0 Å². The van der Waals surface area contributed by atoms with E-state index in [1.807, 2.05) is 0 Å². The van der Waals surface area contributed by atoms with Crippen LogP contribution in [0.2, 0.25) is 0 Å². The maximum Gasteiger partial charge on any atom is 0.142 e. The van der Waals surface area contributed by atoms with Gasteiger partial charge in [-0.1, -0.05) is 0 Å². The highest BCUT2D eigenvalue weighted by atomic mass is 32.2. The molecule has 0 atom stereocenters. The van der Waals surface area contributed by atoms with Crippen LogP contribution in [0.5, 0.6) is 0 Å². The van der Waals surface area contributed by atoms with E-state index in [0.29, 0.717) is 6.61 Å². The molecule has 0 aliphatic heterocycles. The fourth-order valence-corrected chi connectivity index (χ4v) is 0.158. The van der Waals surface area contributed by atoms with E-state index in [2.05, 4.69) is 4.18 Å². The Hall–Kier alpha value is 0.110. The lowest BCUT2D eigenvalue weighted by atomic mass is 10.9. The van der Waals surface area contributed by atoms with Gasteiger partial charge in [0.15, 0.2) is 0 Å². The molecular weight excluding hydrogens is 88.1 g/mol. The molecule has 0 aromatic carbocycles. The molecule has 0 rings (SSSR count). The van der Waals surface area contributed by atoms with E-state index >= 15 is 0 Å². The summed E-state index contributed by atoms with van der Waals surface area (Å²) >= 11 is -0.220. The van der Waals surface area contributed by atoms with Crippen LogP contribution in [0.1, 0.15) is 6.92 Å². The minimum Gasteiger partial charge on any atom is -0.293 e. The van der Waals surface area contributed by atoms with E-state index in [-0.39, 0.29) is 11.9 Å². The van der Waals surface area contributed by atoms with Gasteiger partial charge in [0, 0.05) is 0 Å². The topological polar surface area (TPSA) is 26.3 Å². The number of thiol groups is 1. The van der Waals surface area contributed by atoms with Crippen LogP contribution in [0.15, 0.2) is 0 Å². The first-order chi connectivity index (χ1) is 2.41. The molecule has 0 saturated heterocycles. The van der Waals surface area contributed by atoms with E-state index < -0.39 is 0 Å². The molecule has 3 heteroatoms. The summed E-state index contributed by atoms with van der Waals surface area (Å²) in [7, 11) is 0. The first-order valence-corrected chi connectivity index (χ1v) is 2.09. The zero-order valence-corrected chi connectivity index (χ0v) is 3.87. The van der Waals surface area contributed by atoms with Crippen LogP contribution in [0.4, 0.5) is 0 Å². The van der Waals surface area contributed by atoms with Crippen LogP contribution in [-0.2, 0) is 16.1 Å². The minimum absolute atomic E-state index is 0.220. The minimum atomic E-state index is -0.220. The maximum absolute atomic E-state index is 9.28. The smallest absolute Gasteiger partial charge is 0.142 e. The SMILES string of the molecule is CCO[SH]=O. The summed E-state index contributed by atoms with van der Waals surface area (Å²) in [6.45, 7) is 2.30. The third-order valence-corrected chi connectivity index (χ3v) is 0.545. The van der Waals surface area contributed by atoms with Crippen LogP contribution in [0, 0.1) is 0 Å². The number of hydrogen-bond donors (Lipinski definition) is 1. The van der Waals surface area contributed by atoms with Crippen LogP contribution in [0.25, 0.3) is 0 Å². The summed E-state index contributed by atoms with van der Waals surface area (Å²) < 4.78 is 13.5. The van der Waals surface area contributed by atoms with Crippen molar-refractivity contribution in [2.75, 3.05) is 6.61 Å². The molecule has 0 spiro atoms. The summed E-state index contributed by atoms with van der Waals surface area (Å²) in [5.74, 6) is 0. The highest BCUT2D eigenvalue weighted by Crippen LogP contribution is 1.59. The molecule has 0 fully saturated rings. The number of rotatable bonds is 2. The highest BCUT2D eigenvalue weighted by molar-refractivity contribution is 7.60. The first-order valence-electron chi connectivity index (χ1n) is 1.36. The summed E-state index contributed by atoms with van der Waals surface area (Å²) in [6, 6.07) is 0. The molecule has 0 unspecified atom stereocenters. The Balaban J connectivity index is 2.40. The molecule has 0 amide bonds. The maximum atomic E-state index is 9.28. The van der Waals surface area contributed by atoms with E-state index in [1.54, 1.807) is 6.92 Å². The summed E-state index contributed by atoms with van der Waals surface area (Å²) in [6.07, 6.45) is 0. The molecule has 0 saturated carbocycles. The Kier molecular flexibility index (Phi) is 4.20. The normalized spacial score (nSPS) is 8.20. The molecule has 0 aromatic heterocycles. The molecule has 5 heavy (non-hydrogen) atoms. The second-order valence-corrected chi connectivity index (χ2v) is 0.900. The highest BCUT2D eigenvalue weighted by Gasteiger charge is 1.61. The Morgan fingerprint density at radius 1 is 2.00 bits per heavy atom. The lowest BCUT2D eigenvalue weighted by Crippen LogP contribution is -1.76. The lowest BCUT2D eigenvalue weighted by molar-refractivity contribution is 0.384. The zero-order chi connectivity index (χ0) is 4.12. The molecule has 2 nitrogen and oxygen atoms in total. The molecule has 0 aliphatic carbocycles. The van der Waals surface area contributed by atoms with Crippen molar-refractivity contribution in [3.8, 4) is 0 Å². The van der Waals surface area contributed by atoms with Crippen molar-refractivity contribution in [1.29, 1.82) is 0 Å². The van der Waals surface area contributed by atoms with Gasteiger partial charge in [-0.05, 0) is 6.92 Å². The quantitative estimate of drug-likeness (QED) is 0.483. The van der Waals surface area contributed by atoms with Gasteiger partial charge in [-0.3, -0.25) is 4.18 Å². The monoisotopic (exact) mass is 94.0 g/mol. The molecule has 0 N–H and O–H groups in total. The molecule has 0 aliphatic rings. The molecule has 0 aromatic rings. The first kappa shape index (κ1) is 5.11.